The number of hydrogen-bond donors (Lipinski definition) is 1. The van der Waals surface area contributed by atoms with Gasteiger partial charge in [0.25, 0.3) is 11.8 Å². The van der Waals surface area contributed by atoms with Gasteiger partial charge in [0.2, 0.25) is 0 Å². The Kier molecular flexibility index (Phi) is 6.07. The Balaban J connectivity index is 1.43. The summed E-state index contributed by atoms with van der Waals surface area (Å²) in [7, 11) is 3.06. The molecule has 0 aromatic heterocycles. The Morgan fingerprint density at radius 2 is 1.66 bits per heavy atom. The summed E-state index contributed by atoms with van der Waals surface area (Å²) in [5.74, 6) is 0.298. The molecular weight excluding hydrogens is 411 g/mol. The standard InChI is InChI=1S/C25H23FN2O4/c1-31-22-10-6-19(14-23(22)32-2)24(29)27-15-16-3-9-21-18(13-16)11-12-28(21)25(30)17-4-7-20(26)8-5-17/h3-10,13-14H,11-12,15H2,1-2H3,(H,27,29). The summed E-state index contributed by atoms with van der Waals surface area (Å²) in [6.07, 6.45) is 0.722. The smallest absolute Gasteiger partial charge is 0.258 e. The fourth-order valence-corrected chi connectivity index (χ4v) is 3.79. The summed E-state index contributed by atoms with van der Waals surface area (Å²) in [6, 6.07) is 16.3. The van der Waals surface area contributed by atoms with Gasteiger partial charge in [-0.15, -0.1) is 0 Å². The first-order valence-corrected chi connectivity index (χ1v) is 10.2. The summed E-state index contributed by atoms with van der Waals surface area (Å²) in [5, 5.41) is 2.91. The molecule has 3 aromatic carbocycles. The van der Waals surface area contributed by atoms with Crippen LogP contribution in [-0.4, -0.2) is 32.6 Å². The second-order valence-electron chi connectivity index (χ2n) is 7.43. The van der Waals surface area contributed by atoms with E-state index in [0.29, 0.717) is 35.7 Å². The minimum Gasteiger partial charge on any atom is -0.493 e. The molecule has 3 aromatic rings. The fourth-order valence-electron chi connectivity index (χ4n) is 3.79. The number of carbonyl (C=O) groups is 2. The van der Waals surface area contributed by atoms with E-state index in [1.165, 1.54) is 31.4 Å². The van der Waals surface area contributed by atoms with Gasteiger partial charge in [-0.25, -0.2) is 4.39 Å². The number of nitrogens with one attached hydrogen (secondary N) is 1. The topological polar surface area (TPSA) is 67.9 Å². The van der Waals surface area contributed by atoms with Crippen molar-refractivity contribution >= 4 is 17.5 Å². The van der Waals surface area contributed by atoms with Gasteiger partial charge in [-0.1, -0.05) is 12.1 Å². The van der Waals surface area contributed by atoms with E-state index in [1.54, 1.807) is 30.2 Å². The van der Waals surface area contributed by atoms with Gasteiger partial charge in [-0.05, 0) is 66.1 Å². The third-order valence-electron chi connectivity index (χ3n) is 5.47. The number of nitrogens with zero attached hydrogens (tertiary/aromatic N) is 1. The molecule has 0 bridgehead atoms. The number of benzene rings is 3. The maximum atomic E-state index is 13.2. The van der Waals surface area contributed by atoms with Crippen LogP contribution in [0.1, 0.15) is 31.8 Å². The highest BCUT2D eigenvalue weighted by Crippen LogP contribution is 2.31. The van der Waals surface area contributed by atoms with Crippen molar-refractivity contribution in [2.75, 3.05) is 25.7 Å². The number of anilines is 1. The van der Waals surface area contributed by atoms with Crippen molar-refractivity contribution in [2.24, 2.45) is 0 Å². The molecule has 1 N–H and O–H groups in total. The average molecular weight is 434 g/mol. The second-order valence-corrected chi connectivity index (χ2v) is 7.43. The minimum absolute atomic E-state index is 0.154. The van der Waals surface area contributed by atoms with Crippen molar-refractivity contribution in [1.29, 1.82) is 0 Å². The Hall–Kier alpha value is -3.87. The lowest BCUT2D eigenvalue weighted by Gasteiger charge is -2.18. The van der Waals surface area contributed by atoms with E-state index in [4.69, 9.17) is 9.47 Å². The Morgan fingerprint density at radius 3 is 2.38 bits per heavy atom. The van der Waals surface area contributed by atoms with Crippen molar-refractivity contribution in [3.05, 3.63) is 88.7 Å². The number of fused-ring (bicyclic) bond motifs is 1. The molecule has 1 aliphatic rings. The molecule has 164 valence electrons. The molecule has 0 radical (unpaired) electrons. The molecular formula is C25H23FN2O4. The maximum Gasteiger partial charge on any atom is 0.258 e. The van der Waals surface area contributed by atoms with Crippen LogP contribution in [0.3, 0.4) is 0 Å². The third kappa shape index (κ3) is 4.27. The number of hydrogen-bond acceptors (Lipinski definition) is 4. The lowest BCUT2D eigenvalue weighted by atomic mass is 10.1. The lowest BCUT2D eigenvalue weighted by molar-refractivity contribution is 0.0949. The average Bonchev–Trinajstić information content (AvgIpc) is 3.25. The summed E-state index contributed by atoms with van der Waals surface area (Å²) < 4.78 is 23.6. The highest BCUT2D eigenvalue weighted by Gasteiger charge is 2.25. The first-order valence-electron chi connectivity index (χ1n) is 10.2. The minimum atomic E-state index is -0.372. The van der Waals surface area contributed by atoms with Crippen molar-refractivity contribution in [3.8, 4) is 11.5 Å². The van der Waals surface area contributed by atoms with Gasteiger partial charge in [0.05, 0.1) is 14.2 Å². The molecule has 32 heavy (non-hydrogen) atoms. The quantitative estimate of drug-likeness (QED) is 0.637. The highest BCUT2D eigenvalue weighted by atomic mass is 19.1. The zero-order chi connectivity index (χ0) is 22.7. The van der Waals surface area contributed by atoms with E-state index < -0.39 is 0 Å². The molecule has 0 saturated heterocycles. The van der Waals surface area contributed by atoms with E-state index in [2.05, 4.69) is 5.32 Å². The number of rotatable bonds is 6. The van der Waals surface area contributed by atoms with Crippen LogP contribution in [0.2, 0.25) is 0 Å². The third-order valence-corrected chi connectivity index (χ3v) is 5.47. The van der Waals surface area contributed by atoms with Gasteiger partial charge in [0.1, 0.15) is 5.82 Å². The second kappa shape index (κ2) is 9.09. The molecule has 4 rings (SSSR count). The van der Waals surface area contributed by atoms with Crippen molar-refractivity contribution in [2.45, 2.75) is 13.0 Å². The highest BCUT2D eigenvalue weighted by molar-refractivity contribution is 6.07. The van der Waals surface area contributed by atoms with Crippen molar-refractivity contribution in [3.63, 3.8) is 0 Å². The van der Waals surface area contributed by atoms with E-state index in [1.807, 2.05) is 18.2 Å². The fraction of sp³-hybridized carbons (Fsp3) is 0.200. The molecule has 6 nitrogen and oxygen atoms in total. The van der Waals surface area contributed by atoms with E-state index in [9.17, 15) is 14.0 Å². The van der Waals surface area contributed by atoms with Crippen LogP contribution in [0.5, 0.6) is 11.5 Å². The van der Waals surface area contributed by atoms with Gasteiger partial charge in [-0.2, -0.15) is 0 Å². The van der Waals surface area contributed by atoms with Crippen LogP contribution in [0.4, 0.5) is 10.1 Å². The SMILES string of the molecule is COc1ccc(C(=O)NCc2ccc3c(c2)CCN3C(=O)c2ccc(F)cc2)cc1OC. The van der Waals surface area contributed by atoms with Gasteiger partial charge >= 0.3 is 0 Å². The molecule has 7 heteroatoms. The van der Waals surface area contributed by atoms with Gasteiger partial charge in [-0.3, -0.25) is 9.59 Å². The van der Waals surface area contributed by atoms with E-state index in [0.717, 1.165) is 23.2 Å². The van der Waals surface area contributed by atoms with Crippen LogP contribution in [0, 0.1) is 5.82 Å². The zero-order valence-electron chi connectivity index (χ0n) is 17.9. The number of carbonyl (C=O) groups excluding carboxylic acids is 2. The van der Waals surface area contributed by atoms with Crippen molar-refractivity contribution in [1.82, 2.24) is 5.32 Å². The van der Waals surface area contributed by atoms with Crippen LogP contribution in [0.15, 0.2) is 60.7 Å². The molecule has 2 amide bonds. The maximum absolute atomic E-state index is 13.2. The Labute approximate surface area is 185 Å². The number of halogens is 1. The first-order chi connectivity index (χ1) is 15.5. The molecule has 0 spiro atoms. The summed E-state index contributed by atoms with van der Waals surface area (Å²) in [6.45, 7) is 0.916. The van der Waals surface area contributed by atoms with Crippen LogP contribution < -0.4 is 19.7 Å². The van der Waals surface area contributed by atoms with Gasteiger partial charge in [0, 0.05) is 29.9 Å². The van der Waals surface area contributed by atoms with Crippen molar-refractivity contribution < 1.29 is 23.5 Å². The Bertz CT molecular complexity index is 1160. The lowest BCUT2D eigenvalue weighted by Crippen LogP contribution is -2.28. The zero-order valence-corrected chi connectivity index (χ0v) is 17.9. The summed E-state index contributed by atoms with van der Waals surface area (Å²) >= 11 is 0. The molecule has 1 aliphatic heterocycles. The van der Waals surface area contributed by atoms with Crippen LogP contribution >= 0.6 is 0 Å². The molecule has 0 fully saturated rings. The van der Waals surface area contributed by atoms with Crippen LogP contribution in [-0.2, 0) is 13.0 Å². The first kappa shape index (κ1) is 21.4. The predicted octanol–water partition coefficient (Wildman–Crippen LogP) is 3.98. The number of amides is 2. The van der Waals surface area contributed by atoms with Gasteiger partial charge < -0.3 is 19.7 Å². The molecule has 0 aliphatic carbocycles. The van der Waals surface area contributed by atoms with Crippen LogP contribution in [0.25, 0.3) is 0 Å². The molecule has 1 heterocycles. The number of methoxy groups -OCH3 is 2. The largest absolute Gasteiger partial charge is 0.493 e. The van der Waals surface area contributed by atoms with E-state index in [-0.39, 0.29) is 17.6 Å². The van der Waals surface area contributed by atoms with Gasteiger partial charge in [0.15, 0.2) is 11.5 Å². The normalized spacial score (nSPS) is 12.3. The monoisotopic (exact) mass is 434 g/mol. The molecule has 0 unspecified atom stereocenters. The molecule has 0 atom stereocenters. The predicted molar refractivity (Wildman–Crippen MR) is 119 cm³/mol. The molecule has 0 saturated carbocycles. The summed E-state index contributed by atoms with van der Waals surface area (Å²) in [4.78, 5) is 27.1. The van der Waals surface area contributed by atoms with E-state index >= 15 is 0 Å². The summed E-state index contributed by atoms with van der Waals surface area (Å²) in [5.41, 5.74) is 3.74. The Morgan fingerprint density at radius 1 is 0.938 bits per heavy atom. The number of ether oxygens (including phenoxy) is 2.